The number of nitrogens with zero attached hydrogens (tertiary/aromatic N) is 1. The standard InChI is InChI=1S/C23H14ClNS/c24-18-10-8-15(9-11-18)20-12-13-21(26-20)19-5-1-3-16-6-7-17-4-2-14-25-23(17)22(16)19/h1-14H. The molecule has 0 fully saturated rings. The van der Waals surface area contributed by atoms with Crippen LogP contribution >= 0.6 is 22.9 Å². The van der Waals surface area contributed by atoms with E-state index in [0.29, 0.717) is 0 Å². The van der Waals surface area contributed by atoms with Crippen LogP contribution in [0.4, 0.5) is 0 Å². The maximum Gasteiger partial charge on any atom is 0.0786 e. The molecular weight excluding hydrogens is 358 g/mol. The van der Waals surface area contributed by atoms with Crippen LogP contribution in [0.5, 0.6) is 0 Å². The van der Waals surface area contributed by atoms with Crippen LogP contribution in [-0.4, -0.2) is 4.98 Å². The Morgan fingerprint density at radius 1 is 0.692 bits per heavy atom. The molecule has 26 heavy (non-hydrogen) atoms. The Morgan fingerprint density at radius 3 is 2.35 bits per heavy atom. The molecule has 2 heterocycles. The minimum absolute atomic E-state index is 0.761. The molecule has 0 amide bonds. The Morgan fingerprint density at radius 2 is 1.46 bits per heavy atom. The number of pyridine rings is 1. The maximum absolute atomic E-state index is 6.02. The van der Waals surface area contributed by atoms with E-state index in [-0.39, 0.29) is 0 Å². The lowest BCUT2D eigenvalue weighted by Crippen LogP contribution is -1.84. The normalized spacial score (nSPS) is 11.3. The summed E-state index contributed by atoms with van der Waals surface area (Å²) in [5, 5.41) is 4.37. The van der Waals surface area contributed by atoms with Gasteiger partial charge in [0.05, 0.1) is 5.52 Å². The molecule has 124 valence electrons. The van der Waals surface area contributed by atoms with E-state index in [0.717, 1.165) is 10.5 Å². The van der Waals surface area contributed by atoms with Gasteiger partial charge in [-0.25, -0.2) is 0 Å². The maximum atomic E-state index is 6.02. The van der Waals surface area contributed by atoms with Gasteiger partial charge in [0, 0.05) is 37.3 Å². The Kier molecular flexibility index (Phi) is 3.74. The van der Waals surface area contributed by atoms with E-state index in [1.807, 2.05) is 24.4 Å². The summed E-state index contributed by atoms with van der Waals surface area (Å²) in [6.07, 6.45) is 1.87. The monoisotopic (exact) mass is 371 g/mol. The lowest BCUT2D eigenvalue weighted by atomic mass is 10.00. The Bertz CT molecular complexity index is 1240. The molecule has 3 heteroatoms. The molecule has 0 atom stereocenters. The molecule has 5 rings (SSSR count). The van der Waals surface area contributed by atoms with Crippen LogP contribution in [0.2, 0.25) is 5.02 Å². The molecule has 0 N–H and O–H groups in total. The molecule has 1 nitrogen and oxygen atoms in total. The van der Waals surface area contributed by atoms with Crippen molar-refractivity contribution in [2.24, 2.45) is 0 Å². The number of rotatable bonds is 2. The number of hydrogen-bond donors (Lipinski definition) is 0. The minimum atomic E-state index is 0.761. The fraction of sp³-hybridized carbons (Fsp3) is 0. The summed E-state index contributed by atoms with van der Waals surface area (Å²) in [5.41, 5.74) is 3.48. The molecule has 0 saturated heterocycles. The first-order valence-corrected chi connectivity index (χ1v) is 9.62. The fourth-order valence-electron chi connectivity index (χ4n) is 3.37. The lowest BCUT2D eigenvalue weighted by Gasteiger charge is -2.08. The summed E-state index contributed by atoms with van der Waals surface area (Å²) in [6, 6.07) is 27.3. The van der Waals surface area contributed by atoms with Crippen LogP contribution in [-0.2, 0) is 0 Å². The number of aromatic nitrogens is 1. The van der Waals surface area contributed by atoms with Gasteiger partial charge in [0.1, 0.15) is 0 Å². The molecule has 0 bridgehead atoms. The third kappa shape index (κ3) is 2.59. The average molecular weight is 372 g/mol. The van der Waals surface area contributed by atoms with Crippen LogP contribution in [0.1, 0.15) is 0 Å². The van der Waals surface area contributed by atoms with Gasteiger partial charge in [0.15, 0.2) is 0 Å². The molecular formula is C23H14ClNS. The van der Waals surface area contributed by atoms with Gasteiger partial charge in [-0.1, -0.05) is 60.1 Å². The third-order valence-electron chi connectivity index (χ3n) is 4.62. The van der Waals surface area contributed by atoms with E-state index in [4.69, 9.17) is 11.6 Å². The molecule has 3 aromatic carbocycles. The van der Waals surface area contributed by atoms with Crippen molar-refractivity contribution in [3.8, 4) is 20.9 Å². The van der Waals surface area contributed by atoms with Crippen LogP contribution < -0.4 is 0 Å². The quantitative estimate of drug-likeness (QED) is 0.294. The van der Waals surface area contributed by atoms with Crippen LogP contribution in [0.3, 0.4) is 0 Å². The van der Waals surface area contributed by atoms with Crippen molar-refractivity contribution in [2.75, 3.05) is 0 Å². The molecule has 0 aliphatic rings. The van der Waals surface area contributed by atoms with Crippen LogP contribution in [0.15, 0.2) is 85.1 Å². The SMILES string of the molecule is Clc1ccc(-c2ccc(-c3cccc4ccc5cccnc5c34)s2)cc1. The first kappa shape index (κ1) is 15.6. The zero-order chi connectivity index (χ0) is 17.5. The zero-order valence-electron chi connectivity index (χ0n) is 13.8. The molecule has 0 aliphatic carbocycles. The first-order valence-electron chi connectivity index (χ1n) is 8.42. The molecule has 5 aromatic rings. The molecule has 2 aromatic heterocycles. The van der Waals surface area contributed by atoms with Gasteiger partial charge in [-0.05, 0) is 41.3 Å². The average Bonchev–Trinajstić information content (AvgIpc) is 3.18. The topological polar surface area (TPSA) is 12.9 Å². The summed E-state index contributed by atoms with van der Waals surface area (Å²) < 4.78 is 0. The number of halogens is 1. The summed E-state index contributed by atoms with van der Waals surface area (Å²) in [5.74, 6) is 0. The Hall–Kier alpha value is -2.68. The van der Waals surface area contributed by atoms with Crippen LogP contribution in [0, 0.1) is 0 Å². The highest BCUT2D eigenvalue weighted by atomic mass is 35.5. The molecule has 0 spiro atoms. The van der Waals surface area contributed by atoms with E-state index in [2.05, 4.69) is 65.6 Å². The van der Waals surface area contributed by atoms with Crippen molar-refractivity contribution in [3.63, 3.8) is 0 Å². The Labute approximate surface area is 160 Å². The van der Waals surface area contributed by atoms with E-state index in [1.165, 1.54) is 37.0 Å². The second-order valence-electron chi connectivity index (χ2n) is 6.22. The summed E-state index contributed by atoms with van der Waals surface area (Å²) in [7, 11) is 0. The second-order valence-corrected chi connectivity index (χ2v) is 7.74. The van der Waals surface area contributed by atoms with E-state index in [1.54, 1.807) is 11.3 Å². The predicted molar refractivity (Wildman–Crippen MR) is 113 cm³/mol. The van der Waals surface area contributed by atoms with Crippen molar-refractivity contribution in [3.05, 3.63) is 90.1 Å². The van der Waals surface area contributed by atoms with Gasteiger partial charge in [0.2, 0.25) is 0 Å². The van der Waals surface area contributed by atoms with Gasteiger partial charge in [-0.15, -0.1) is 11.3 Å². The smallest absolute Gasteiger partial charge is 0.0786 e. The van der Waals surface area contributed by atoms with Gasteiger partial charge in [0.25, 0.3) is 0 Å². The van der Waals surface area contributed by atoms with Gasteiger partial charge < -0.3 is 0 Å². The largest absolute Gasteiger partial charge is 0.256 e. The summed E-state index contributed by atoms with van der Waals surface area (Å²) in [4.78, 5) is 7.15. The summed E-state index contributed by atoms with van der Waals surface area (Å²) in [6.45, 7) is 0. The molecule has 0 unspecified atom stereocenters. The number of hydrogen-bond acceptors (Lipinski definition) is 2. The van der Waals surface area contributed by atoms with Gasteiger partial charge in [-0.3, -0.25) is 4.98 Å². The minimum Gasteiger partial charge on any atom is -0.256 e. The van der Waals surface area contributed by atoms with Gasteiger partial charge in [-0.2, -0.15) is 0 Å². The van der Waals surface area contributed by atoms with Gasteiger partial charge >= 0.3 is 0 Å². The highest BCUT2D eigenvalue weighted by Crippen LogP contribution is 2.39. The van der Waals surface area contributed by atoms with Crippen LogP contribution in [0.25, 0.3) is 42.6 Å². The van der Waals surface area contributed by atoms with E-state index in [9.17, 15) is 0 Å². The van der Waals surface area contributed by atoms with E-state index >= 15 is 0 Å². The number of benzene rings is 3. The van der Waals surface area contributed by atoms with Crippen molar-refractivity contribution in [1.82, 2.24) is 4.98 Å². The highest BCUT2D eigenvalue weighted by Gasteiger charge is 2.11. The molecule has 0 aliphatic heterocycles. The van der Waals surface area contributed by atoms with Crippen molar-refractivity contribution < 1.29 is 0 Å². The molecule has 0 saturated carbocycles. The fourth-order valence-corrected chi connectivity index (χ4v) is 4.54. The highest BCUT2D eigenvalue weighted by molar-refractivity contribution is 7.18. The second kappa shape index (κ2) is 6.24. The molecule has 0 radical (unpaired) electrons. The third-order valence-corrected chi connectivity index (χ3v) is 6.03. The van der Waals surface area contributed by atoms with Crippen molar-refractivity contribution in [2.45, 2.75) is 0 Å². The predicted octanol–water partition coefficient (Wildman–Crippen LogP) is 7.44. The zero-order valence-corrected chi connectivity index (χ0v) is 15.4. The summed E-state index contributed by atoms with van der Waals surface area (Å²) >= 11 is 7.81. The van der Waals surface area contributed by atoms with E-state index < -0.39 is 0 Å². The Balaban J connectivity index is 1.72. The van der Waals surface area contributed by atoms with Crippen molar-refractivity contribution in [1.29, 1.82) is 0 Å². The first-order chi connectivity index (χ1) is 12.8. The van der Waals surface area contributed by atoms with Crippen molar-refractivity contribution >= 4 is 44.6 Å². The number of fused-ring (bicyclic) bond motifs is 3. The number of thiophene rings is 1. The lowest BCUT2D eigenvalue weighted by molar-refractivity contribution is 1.43.